The second kappa shape index (κ2) is 5.31. The maximum absolute atomic E-state index is 12.6. The van der Waals surface area contributed by atoms with Gasteiger partial charge >= 0.3 is 6.18 Å². The van der Waals surface area contributed by atoms with Crippen LogP contribution in [0.1, 0.15) is 44.7 Å². The lowest BCUT2D eigenvalue weighted by Crippen LogP contribution is -2.38. The van der Waals surface area contributed by atoms with Crippen LogP contribution >= 0.6 is 0 Å². The first-order valence-electron chi connectivity index (χ1n) is 6.02. The van der Waals surface area contributed by atoms with E-state index < -0.39 is 11.7 Å². The fourth-order valence-corrected chi connectivity index (χ4v) is 1.60. The second-order valence-electron chi connectivity index (χ2n) is 5.66. The number of rotatable bonds is 3. The highest BCUT2D eigenvalue weighted by molar-refractivity contribution is 5.28. The summed E-state index contributed by atoms with van der Waals surface area (Å²) in [6, 6.07) is 5.54. The first-order valence-corrected chi connectivity index (χ1v) is 6.02. The molecule has 0 aliphatic rings. The fraction of sp³-hybridized carbons (Fsp3) is 0.571. The zero-order valence-corrected chi connectivity index (χ0v) is 11.2. The highest BCUT2D eigenvalue weighted by atomic mass is 19.4. The number of hydrogen-bond donors (Lipinski definition) is 1. The summed E-state index contributed by atoms with van der Waals surface area (Å²) in [4.78, 5) is 0. The standard InChI is InChI=1S/C14H20F3N/c1-10(9-18-13(2,3)4)11-6-5-7-12(8-11)14(15,16)17/h5-8,10,18H,9H2,1-4H3. The highest BCUT2D eigenvalue weighted by Gasteiger charge is 2.30. The number of alkyl halides is 3. The van der Waals surface area contributed by atoms with Crippen molar-refractivity contribution in [3.8, 4) is 0 Å². The summed E-state index contributed by atoms with van der Waals surface area (Å²) < 4.78 is 37.8. The van der Waals surface area contributed by atoms with Crippen molar-refractivity contribution in [3.63, 3.8) is 0 Å². The van der Waals surface area contributed by atoms with Crippen molar-refractivity contribution in [2.75, 3.05) is 6.54 Å². The molecule has 102 valence electrons. The molecule has 1 N–H and O–H groups in total. The Morgan fingerprint density at radius 1 is 1.17 bits per heavy atom. The van der Waals surface area contributed by atoms with Gasteiger partial charge in [0.2, 0.25) is 0 Å². The van der Waals surface area contributed by atoms with Gasteiger partial charge in [0.15, 0.2) is 0 Å². The van der Waals surface area contributed by atoms with Crippen molar-refractivity contribution in [1.29, 1.82) is 0 Å². The third-order valence-electron chi connectivity index (χ3n) is 2.72. The van der Waals surface area contributed by atoms with Crippen molar-refractivity contribution in [1.82, 2.24) is 5.32 Å². The Hall–Kier alpha value is -1.03. The molecule has 0 spiro atoms. The minimum atomic E-state index is -4.27. The molecular formula is C14H20F3N. The van der Waals surface area contributed by atoms with E-state index in [2.05, 4.69) is 5.32 Å². The predicted molar refractivity (Wildman–Crippen MR) is 67.6 cm³/mol. The van der Waals surface area contributed by atoms with Gasteiger partial charge in [0.05, 0.1) is 5.56 Å². The highest BCUT2D eigenvalue weighted by Crippen LogP contribution is 2.31. The smallest absolute Gasteiger partial charge is 0.311 e. The van der Waals surface area contributed by atoms with Crippen LogP contribution in [0.2, 0.25) is 0 Å². The topological polar surface area (TPSA) is 12.0 Å². The minimum absolute atomic E-state index is 0.0318. The number of benzene rings is 1. The molecule has 0 aromatic heterocycles. The van der Waals surface area contributed by atoms with Gasteiger partial charge in [-0.2, -0.15) is 13.2 Å². The van der Waals surface area contributed by atoms with Crippen LogP contribution in [0.15, 0.2) is 24.3 Å². The molecular weight excluding hydrogens is 239 g/mol. The number of nitrogens with one attached hydrogen (secondary N) is 1. The summed E-state index contributed by atoms with van der Waals surface area (Å²) in [6.45, 7) is 8.68. The van der Waals surface area contributed by atoms with Crippen LogP contribution < -0.4 is 5.32 Å². The molecule has 1 aromatic rings. The molecule has 1 unspecified atom stereocenters. The Morgan fingerprint density at radius 3 is 2.28 bits per heavy atom. The lowest BCUT2D eigenvalue weighted by Gasteiger charge is -2.24. The quantitative estimate of drug-likeness (QED) is 0.858. The van der Waals surface area contributed by atoms with Crippen LogP contribution in [0.5, 0.6) is 0 Å². The molecule has 0 saturated heterocycles. The van der Waals surface area contributed by atoms with Gasteiger partial charge < -0.3 is 5.32 Å². The van der Waals surface area contributed by atoms with Gasteiger partial charge in [-0.1, -0.05) is 25.1 Å². The van der Waals surface area contributed by atoms with E-state index >= 15 is 0 Å². The van der Waals surface area contributed by atoms with Crippen LogP contribution in [0.4, 0.5) is 13.2 Å². The lowest BCUT2D eigenvalue weighted by atomic mass is 9.97. The molecule has 1 nitrogen and oxygen atoms in total. The molecule has 0 saturated carbocycles. The van der Waals surface area contributed by atoms with Crippen molar-refractivity contribution < 1.29 is 13.2 Å². The molecule has 1 rings (SSSR count). The molecule has 0 aliphatic carbocycles. The fourth-order valence-electron chi connectivity index (χ4n) is 1.60. The van der Waals surface area contributed by atoms with Gasteiger partial charge in [-0.3, -0.25) is 0 Å². The molecule has 0 radical (unpaired) electrons. The minimum Gasteiger partial charge on any atom is -0.311 e. The van der Waals surface area contributed by atoms with Crippen LogP contribution in [-0.2, 0) is 6.18 Å². The van der Waals surface area contributed by atoms with Gasteiger partial charge in [0.1, 0.15) is 0 Å². The molecule has 0 heterocycles. The summed E-state index contributed by atoms with van der Waals surface area (Å²) in [6.07, 6.45) is -4.27. The summed E-state index contributed by atoms with van der Waals surface area (Å²) in [7, 11) is 0. The Labute approximate surface area is 106 Å². The van der Waals surface area contributed by atoms with E-state index in [1.807, 2.05) is 27.7 Å². The third-order valence-corrected chi connectivity index (χ3v) is 2.72. The van der Waals surface area contributed by atoms with Gasteiger partial charge in [-0.25, -0.2) is 0 Å². The molecule has 0 amide bonds. The zero-order valence-electron chi connectivity index (χ0n) is 11.2. The van der Waals surface area contributed by atoms with Gasteiger partial charge in [-0.15, -0.1) is 0 Å². The second-order valence-corrected chi connectivity index (χ2v) is 5.66. The van der Waals surface area contributed by atoms with Crippen LogP contribution in [0.25, 0.3) is 0 Å². The summed E-state index contributed by atoms with van der Waals surface area (Å²) in [5.41, 5.74) is 0.0970. The Kier molecular flexibility index (Phi) is 4.43. The van der Waals surface area contributed by atoms with Crippen LogP contribution in [0, 0.1) is 0 Å². The maximum atomic E-state index is 12.6. The summed E-state index contributed by atoms with van der Waals surface area (Å²) in [5.74, 6) is 0.0477. The van der Waals surface area contributed by atoms with Crippen LogP contribution in [-0.4, -0.2) is 12.1 Å². The van der Waals surface area contributed by atoms with E-state index in [0.717, 1.165) is 6.07 Å². The van der Waals surface area contributed by atoms with Crippen molar-refractivity contribution in [2.24, 2.45) is 0 Å². The van der Waals surface area contributed by atoms with Crippen molar-refractivity contribution in [3.05, 3.63) is 35.4 Å². The summed E-state index contributed by atoms with van der Waals surface area (Å²) in [5, 5.41) is 3.30. The molecule has 1 atom stereocenters. The van der Waals surface area contributed by atoms with Crippen molar-refractivity contribution >= 4 is 0 Å². The van der Waals surface area contributed by atoms with Gasteiger partial charge in [0, 0.05) is 12.1 Å². The Balaban J connectivity index is 2.78. The number of hydrogen-bond acceptors (Lipinski definition) is 1. The van der Waals surface area contributed by atoms with Gasteiger partial charge in [0.25, 0.3) is 0 Å². The van der Waals surface area contributed by atoms with E-state index in [4.69, 9.17) is 0 Å². The molecule has 1 aromatic carbocycles. The molecule has 18 heavy (non-hydrogen) atoms. The monoisotopic (exact) mass is 259 g/mol. The Morgan fingerprint density at radius 2 is 1.78 bits per heavy atom. The van der Waals surface area contributed by atoms with Crippen molar-refractivity contribution in [2.45, 2.75) is 45.3 Å². The van der Waals surface area contributed by atoms with E-state index in [-0.39, 0.29) is 11.5 Å². The number of halogens is 3. The third kappa shape index (κ3) is 4.69. The average molecular weight is 259 g/mol. The van der Waals surface area contributed by atoms with E-state index in [1.54, 1.807) is 6.07 Å². The average Bonchev–Trinajstić information content (AvgIpc) is 2.24. The van der Waals surface area contributed by atoms with E-state index in [0.29, 0.717) is 12.1 Å². The SMILES string of the molecule is CC(CNC(C)(C)C)c1cccc(C(F)(F)F)c1. The predicted octanol–water partition coefficient (Wildman–Crippen LogP) is 4.20. The first-order chi connectivity index (χ1) is 8.09. The van der Waals surface area contributed by atoms with E-state index in [9.17, 15) is 13.2 Å². The van der Waals surface area contributed by atoms with E-state index in [1.165, 1.54) is 12.1 Å². The van der Waals surface area contributed by atoms with Gasteiger partial charge in [-0.05, 0) is 38.3 Å². The molecule has 4 heteroatoms. The molecule has 0 bridgehead atoms. The largest absolute Gasteiger partial charge is 0.416 e. The zero-order chi connectivity index (χ0) is 14.0. The maximum Gasteiger partial charge on any atom is 0.416 e. The first kappa shape index (κ1) is 15.0. The molecule has 0 fully saturated rings. The summed E-state index contributed by atoms with van der Waals surface area (Å²) >= 11 is 0. The normalized spacial score (nSPS) is 14.6. The lowest BCUT2D eigenvalue weighted by molar-refractivity contribution is -0.137. The Bertz CT molecular complexity index is 391. The molecule has 0 aliphatic heterocycles. The van der Waals surface area contributed by atoms with Crippen LogP contribution in [0.3, 0.4) is 0 Å².